The maximum atomic E-state index is 9.52. The monoisotopic (exact) mass is 389 g/mol. The minimum absolute atomic E-state index is 0.0628. The molecule has 1 aromatic heterocycles. The lowest BCUT2D eigenvalue weighted by atomic mass is 10.2. The van der Waals surface area contributed by atoms with E-state index in [-0.39, 0.29) is 12.6 Å². The summed E-state index contributed by atoms with van der Waals surface area (Å²) in [6, 6.07) is 10.1. The summed E-state index contributed by atoms with van der Waals surface area (Å²) in [6.07, 6.45) is 0. The number of hydrogen-bond acceptors (Lipinski definition) is 3. The van der Waals surface area contributed by atoms with Gasteiger partial charge in [-0.25, -0.2) is 0 Å². The highest BCUT2D eigenvalue weighted by atomic mass is 79.9. The molecule has 2 N–H and O–H groups in total. The van der Waals surface area contributed by atoms with Crippen molar-refractivity contribution in [2.45, 2.75) is 13.0 Å². The van der Waals surface area contributed by atoms with E-state index in [4.69, 9.17) is 0 Å². The fourth-order valence-corrected chi connectivity index (χ4v) is 3.81. The Morgan fingerprint density at radius 1 is 1.33 bits per heavy atom. The third-order valence-corrected chi connectivity index (χ3v) is 5.92. The number of nitrogens with one attached hydrogen (secondary N) is 1. The van der Waals surface area contributed by atoms with Gasteiger partial charge in [0.15, 0.2) is 0 Å². The van der Waals surface area contributed by atoms with Crippen molar-refractivity contribution < 1.29 is 5.11 Å². The predicted molar refractivity (Wildman–Crippen MR) is 84.3 cm³/mol. The van der Waals surface area contributed by atoms with Gasteiger partial charge in [-0.2, -0.15) is 0 Å². The summed E-state index contributed by atoms with van der Waals surface area (Å²) in [5, 5.41) is 12.9. The van der Waals surface area contributed by atoms with Gasteiger partial charge in [0.05, 0.1) is 16.4 Å². The van der Waals surface area contributed by atoms with Gasteiger partial charge < -0.3 is 10.4 Å². The number of aliphatic hydroxyl groups is 1. The van der Waals surface area contributed by atoms with Crippen LogP contribution in [0.4, 0.5) is 5.69 Å². The van der Waals surface area contributed by atoms with Crippen molar-refractivity contribution in [3.63, 3.8) is 0 Å². The zero-order valence-electron chi connectivity index (χ0n) is 9.78. The highest BCUT2D eigenvalue weighted by Gasteiger charge is 2.15. The Hall–Kier alpha value is -0.360. The fourth-order valence-electron chi connectivity index (χ4n) is 1.68. The van der Waals surface area contributed by atoms with E-state index in [0.717, 1.165) is 18.8 Å². The Balaban J connectivity index is 2.19. The third-order valence-electron chi connectivity index (χ3n) is 2.55. The lowest BCUT2D eigenvalue weighted by molar-refractivity contribution is 0.277. The Morgan fingerprint density at radius 2 is 2.11 bits per heavy atom. The minimum atomic E-state index is -0.0839. The maximum absolute atomic E-state index is 9.52. The Bertz CT molecular complexity index is 522. The second-order valence-corrected chi connectivity index (χ2v) is 7.28. The van der Waals surface area contributed by atoms with Crippen molar-refractivity contribution in [1.82, 2.24) is 0 Å². The molecule has 0 aliphatic heterocycles. The molecule has 1 unspecified atom stereocenters. The minimum Gasteiger partial charge on any atom is -0.394 e. The van der Waals surface area contributed by atoms with E-state index >= 15 is 0 Å². The van der Waals surface area contributed by atoms with E-state index in [1.54, 1.807) is 11.3 Å². The molecule has 0 aliphatic carbocycles. The Kier molecular flexibility index (Phi) is 4.84. The average Bonchev–Trinajstić information content (AvgIpc) is 2.66. The number of halogens is 2. The molecule has 1 atom stereocenters. The lowest BCUT2D eigenvalue weighted by Crippen LogP contribution is -2.13. The number of rotatable bonds is 4. The molecule has 96 valence electrons. The summed E-state index contributed by atoms with van der Waals surface area (Å²) in [5.74, 6) is 0. The molecule has 0 spiro atoms. The fraction of sp³-hybridized carbons (Fsp3) is 0.231. The number of benzene rings is 1. The zero-order chi connectivity index (χ0) is 13.1. The average molecular weight is 391 g/mol. The largest absolute Gasteiger partial charge is 0.394 e. The highest BCUT2D eigenvalue weighted by molar-refractivity contribution is 9.13. The van der Waals surface area contributed by atoms with Gasteiger partial charge in [-0.05, 0) is 62.5 Å². The molecule has 2 aromatic rings. The Morgan fingerprint density at radius 3 is 2.67 bits per heavy atom. The molecule has 0 amide bonds. The van der Waals surface area contributed by atoms with Gasteiger partial charge in [-0.1, -0.05) is 12.1 Å². The SMILES string of the molecule is Cc1cccc(NC(CO)c2cc(Br)c(Br)s2)c1. The second kappa shape index (κ2) is 6.19. The second-order valence-electron chi connectivity index (χ2n) is 4.02. The molecule has 1 aromatic carbocycles. The normalized spacial score (nSPS) is 12.4. The highest BCUT2D eigenvalue weighted by Crippen LogP contribution is 2.36. The van der Waals surface area contributed by atoms with Crippen LogP contribution in [0.2, 0.25) is 0 Å². The van der Waals surface area contributed by atoms with Crippen LogP contribution in [0.5, 0.6) is 0 Å². The first-order chi connectivity index (χ1) is 8.60. The summed E-state index contributed by atoms with van der Waals surface area (Å²) in [5.41, 5.74) is 2.22. The number of hydrogen-bond donors (Lipinski definition) is 2. The van der Waals surface area contributed by atoms with E-state index in [2.05, 4.69) is 56.2 Å². The van der Waals surface area contributed by atoms with Crippen molar-refractivity contribution in [2.24, 2.45) is 0 Å². The van der Waals surface area contributed by atoms with E-state index in [9.17, 15) is 5.11 Å². The predicted octanol–water partition coefficient (Wildman–Crippen LogP) is 4.73. The molecule has 0 aliphatic rings. The van der Waals surface area contributed by atoms with Crippen LogP contribution in [0, 0.1) is 6.92 Å². The molecule has 5 heteroatoms. The van der Waals surface area contributed by atoms with Gasteiger partial charge >= 0.3 is 0 Å². The van der Waals surface area contributed by atoms with Crippen molar-refractivity contribution >= 4 is 48.9 Å². The molecular weight excluding hydrogens is 378 g/mol. The summed E-state index contributed by atoms with van der Waals surface area (Å²) in [7, 11) is 0. The molecule has 0 saturated heterocycles. The first-order valence-electron chi connectivity index (χ1n) is 5.49. The molecule has 0 bridgehead atoms. The van der Waals surface area contributed by atoms with Crippen LogP contribution < -0.4 is 5.32 Å². The van der Waals surface area contributed by atoms with Gasteiger partial charge in [0.2, 0.25) is 0 Å². The smallest absolute Gasteiger partial charge is 0.0844 e. The standard InChI is InChI=1S/C13H13Br2NOS/c1-8-3-2-4-9(5-8)16-11(7-17)12-6-10(14)13(15)18-12/h2-6,11,16-17H,7H2,1H3. The van der Waals surface area contributed by atoms with Crippen molar-refractivity contribution in [1.29, 1.82) is 0 Å². The summed E-state index contributed by atoms with van der Waals surface area (Å²) >= 11 is 8.56. The topological polar surface area (TPSA) is 32.3 Å². The molecule has 1 heterocycles. The van der Waals surface area contributed by atoms with E-state index in [1.807, 2.05) is 18.2 Å². The lowest BCUT2D eigenvalue weighted by Gasteiger charge is -2.16. The summed E-state index contributed by atoms with van der Waals surface area (Å²) < 4.78 is 2.06. The molecule has 0 saturated carbocycles. The molecule has 0 fully saturated rings. The van der Waals surface area contributed by atoms with E-state index in [1.165, 1.54) is 5.56 Å². The van der Waals surface area contributed by atoms with Crippen LogP contribution in [0.3, 0.4) is 0 Å². The zero-order valence-corrected chi connectivity index (χ0v) is 13.8. The van der Waals surface area contributed by atoms with Gasteiger partial charge in [-0.15, -0.1) is 11.3 Å². The summed E-state index contributed by atoms with van der Waals surface area (Å²) in [6.45, 7) is 2.12. The van der Waals surface area contributed by atoms with Crippen LogP contribution >= 0.6 is 43.2 Å². The first kappa shape index (κ1) is 14.1. The van der Waals surface area contributed by atoms with Crippen LogP contribution in [-0.2, 0) is 0 Å². The third kappa shape index (κ3) is 3.35. The maximum Gasteiger partial charge on any atom is 0.0844 e. The first-order valence-corrected chi connectivity index (χ1v) is 7.89. The Labute approximate surface area is 127 Å². The van der Waals surface area contributed by atoms with Crippen molar-refractivity contribution in [2.75, 3.05) is 11.9 Å². The van der Waals surface area contributed by atoms with Crippen LogP contribution in [-0.4, -0.2) is 11.7 Å². The van der Waals surface area contributed by atoms with Crippen molar-refractivity contribution in [3.8, 4) is 0 Å². The molecule has 2 nitrogen and oxygen atoms in total. The number of thiophene rings is 1. The summed E-state index contributed by atoms with van der Waals surface area (Å²) in [4.78, 5) is 1.10. The molecule has 0 radical (unpaired) electrons. The van der Waals surface area contributed by atoms with Gasteiger partial charge in [0.25, 0.3) is 0 Å². The van der Waals surface area contributed by atoms with Crippen LogP contribution in [0.1, 0.15) is 16.5 Å². The van der Waals surface area contributed by atoms with Gasteiger partial charge in [0, 0.05) is 15.0 Å². The van der Waals surface area contributed by atoms with E-state index < -0.39 is 0 Å². The van der Waals surface area contributed by atoms with Crippen molar-refractivity contribution in [3.05, 3.63) is 49.0 Å². The van der Waals surface area contributed by atoms with E-state index in [0.29, 0.717) is 0 Å². The number of aryl methyl sites for hydroxylation is 1. The molecule has 2 rings (SSSR count). The quantitative estimate of drug-likeness (QED) is 0.790. The molecular formula is C13H13Br2NOS. The number of anilines is 1. The van der Waals surface area contributed by atoms with Crippen LogP contribution in [0.15, 0.2) is 38.6 Å². The van der Waals surface area contributed by atoms with Gasteiger partial charge in [-0.3, -0.25) is 0 Å². The molecule has 18 heavy (non-hydrogen) atoms. The number of aliphatic hydroxyl groups excluding tert-OH is 1. The van der Waals surface area contributed by atoms with Gasteiger partial charge in [0.1, 0.15) is 0 Å². The van der Waals surface area contributed by atoms with Crippen LogP contribution in [0.25, 0.3) is 0 Å².